The maximum Gasteiger partial charge on any atom is 0.305 e. The molecule has 21 heteroatoms. The van der Waals surface area contributed by atoms with Crippen molar-refractivity contribution in [3.05, 3.63) is 236 Å². The van der Waals surface area contributed by atoms with Crippen molar-refractivity contribution in [1.82, 2.24) is 0 Å². The Morgan fingerprint density at radius 1 is 0.553 bits per heavy atom. The number of nitro benzene ring substituents is 2. The van der Waals surface area contributed by atoms with Crippen LogP contribution in [-0.2, 0) is 28.7 Å². The summed E-state index contributed by atoms with van der Waals surface area (Å²) in [4.78, 5) is 40.4. The molecule has 0 unspecified atom stereocenters. The van der Waals surface area contributed by atoms with E-state index in [9.17, 15) is 33.4 Å². The number of azide groups is 1. The summed E-state index contributed by atoms with van der Waals surface area (Å²) in [5.41, 5.74) is 22.2. The van der Waals surface area contributed by atoms with Gasteiger partial charge < -0.3 is 35.7 Å². The first kappa shape index (κ1) is 61.1. The zero-order chi connectivity index (χ0) is 55.9. The number of alkyl halides is 2. The number of nitrogens with two attached hydrogens (primary N) is 2. The molecule has 4 saturated carbocycles. The standard InChI is InChI=1S/C11H9FN2O2.C11H10FN.C11H9N5O2.C11H13N3.C8H6FN.C3H6I2/c1-13-11(5-2-6-11)8-3-4-9(12)10(7-8)14(15)16;1-13-11(7-2-8-11)9-3-5-10(12)6-4-9;1-13-11(5-2-6-11)8-3-4-9(14-15-12)10(7-8)16(17)18;1-14-11(5-2-6-11)8-3-4-9(12)10(13)7-8;1-10-6-7-2-4-8(9)5-3-7;4-2-1-3-5/h3-4,7H,2,5-6H2;3-6H,2,7-8H2;3-4,7H,2,5-6H2;3-4,7H,2,5-6,12-13H2;2-5H,6H2;1-3H2. The number of nitrogen functional groups attached to an aromatic ring is 2. The first-order chi connectivity index (χ1) is 36.4. The normalized spacial score (nSPS) is 15.7. The maximum atomic E-state index is 13.1. The molecular weight excluding hydrogens is 1200 g/mol. The van der Waals surface area contributed by atoms with E-state index in [1.54, 1.807) is 36.4 Å². The summed E-state index contributed by atoms with van der Waals surface area (Å²) >= 11 is 4.77. The van der Waals surface area contributed by atoms with Crippen molar-refractivity contribution < 1.29 is 23.0 Å². The van der Waals surface area contributed by atoms with Crippen molar-refractivity contribution in [2.24, 2.45) is 5.11 Å². The smallest absolute Gasteiger partial charge is 0.305 e. The Balaban J connectivity index is 0.000000203. The zero-order valence-electron chi connectivity index (χ0n) is 41.3. The molecule has 76 heavy (non-hydrogen) atoms. The van der Waals surface area contributed by atoms with Crippen LogP contribution in [0.15, 0.2) is 108 Å². The third kappa shape index (κ3) is 15.5. The highest BCUT2D eigenvalue weighted by Crippen LogP contribution is 2.49. The summed E-state index contributed by atoms with van der Waals surface area (Å²) in [6.45, 7) is 35.6. The van der Waals surface area contributed by atoms with E-state index in [0.717, 1.165) is 74.1 Å². The van der Waals surface area contributed by atoms with Crippen molar-refractivity contribution in [3.63, 3.8) is 0 Å². The first-order valence-electron chi connectivity index (χ1n) is 23.8. The largest absolute Gasteiger partial charge is 0.397 e. The minimum atomic E-state index is -0.854. The molecule has 0 saturated heterocycles. The average Bonchev–Trinajstić information content (AvgIpc) is 3.35. The first-order valence-corrected chi connectivity index (χ1v) is 26.9. The Bertz CT molecular complexity index is 3090. The zero-order valence-corrected chi connectivity index (χ0v) is 45.6. The van der Waals surface area contributed by atoms with Crippen LogP contribution in [-0.4, -0.2) is 18.7 Å². The van der Waals surface area contributed by atoms with Crippen LogP contribution in [0.1, 0.15) is 111 Å². The maximum absolute atomic E-state index is 13.1. The molecule has 4 fully saturated rings. The molecule has 392 valence electrons. The van der Waals surface area contributed by atoms with Gasteiger partial charge in [0, 0.05) is 105 Å². The van der Waals surface area contributed by atoms with Crippen molar-refractivity contribution in [1.29, 1.82) is 0 Å². The fourth-order valence-electron chi connectivity index (χ4n) is 8.30. The molecule has 4 N–H and O–H groups in total. The Kier molecular flexibility index (Phi) is 23.3. The van der Waals surface area contributed by atoms with Gasteiger partial charge in [-0.1, -0.05) is 56.4 Å². The van der Waals surface area contributed by atoms with Gasteiger partial charge in [0.1, 0.15) is 17.3 Å². The van der Waals surface area contributed by atoms with Gasteiger partial charge in [0.2, 0.25) is 12.4 Å². The SMILES string of the molecule is ICCCI.[C-]#[N+]C1(c2ccc(F)c([N+](=O)[O-])c2)CCC1.[C-]#[N+]C1(c2ccc(F)cc2)CCC1.[C-]#[N+]C1(c2ccc(N)c(N)c2)CCC1.[C-]#[N+]C1(c2ccc(N=[N+]=[N-])c([N+](=O)[O-])c2)CCC1.[C-]#[N+]Cc1ccc(F)cc1. The van der Waals surface area contributed by atoms with E-state index in [1.165, 1.54) is 63.8 Å². The Morgan fingerprint density at radius 3 is 1.29 bits per heavy atom. The van der Waals surface area contributed by atoms with Crippen molar-refractivity contribution in [3.8, 4) is 0 Å². The van der Waals surface area contributed by atoms with Crippen molar-refractivity contribution >= 4 is 73.6 Å². The topological polar surface area (TPSA) is 209 Å². The lowest BCUT2D eigenvalue weighted by Crippen LogP contribution is -2.30. The lowest BCUT2D eigenvalue weighted by molar-refractivity contribution is -0.387. The van der Waals surface area contributed by atoms with Crippen LogP contribution in [0, 0.1) is 70.5 Å². The van der Waals surface area contributed by atoms with Gasteiger partial charge >= 0.3 is 5.69 Å². The minimum Gasteiger partial charge on any atom is -0.397 e. The minimum absolute atomic E-state index is 0.0225. The monoisotopic (exact) mass is 1260 g/mol. The number of benzene rings is 5. The molecule has 0 radical (unpaired) electrons. The summed E-state index contributed by atoms with van der Waals surface area (Å²) in [5.74, 6) is -1.34. The molecule has 0 aliphatic heterocycles. The van der Waals surface area contributed by atoms with E-state index in [1.807, 2.05) is 12.1 Å². The lowest BCUT2D eigenvalue weighted by atomic mass is 9.72. The molecule has 16 nitrogen and oxygen atoms in total. The number of hydrogen-bond acceptors (Lipinski definition) is 7. The summed E-state index contributed by atoms with van der Waals surface area (Å²) in [7, 11) is 0. The fourth-order valence-corrected chi connectivity index (χ4v) is 10.5. The molecule has 4 aliphatic rings. The molecular formula is C55H53F3I2N12O4. The van der Waals surface area contributed by atoms with Crippen LogP contribution in [0.4, 0.5) is 41.6 Å². The average molecular weight is 1260 g/mol. The van der Waals surface area contributed by atoms with Gasteiger partial charge in [0.05, 0.1) is 21.2 Å². The molecule has 0 amide bonds. The molecule has 0 heterocycles. The van der Waals surface area contributed by atoms with E-state index in [2.05, 4.69) is 79.4 Å². The van der Waals surface area contributed by atoms with Crippen LogP contribution in [0.2, 0.25) is 0 Å². The second-order valence-electron chi connectivity index (χ2n) is 18.1. The fraction of sp³-hybridized carbons (Fsp3) is 0.364. The predicted octanol–water partition coefficient (Wildman–Crippen LogP) is 16.6. The molecule has 0 aromatic heterocycles. The van der Waals surface area contributed by atoms with E-state index >= 15 is 0 Å². The van der Waals surface area contributed by atoms with Crippen molar-refractivity contribution in [2.75, 3.05) is 20.3 Å². The quantitative estimate of drug-likeness (QED) is 0.0160. The summed E-state index contributed by atoms with van der Waals surface area (Å²) in [6.07, 6.45) is 12.0. The van der Waals surface area contributed by atoms with Gasteiger partial charge in [0.25, 0.3) is 27.8 Å². The Hall–Kier alpha value is -7.49. The van der Waals surface area contributed by atoms with Gasteiger partial charge in [-0.2, -0.15) is 4.39 Å². The van der Waals surface area contributed by atoms with Gasteiger partial charge in [-0.25, -0.2) is 41.6 Å². The summed E-state index contributed by atoms with van der Waals surface area (Å²) in [6, 6.07) is 25.9. The molecule has 4 aliphatic carbocycles. The second kappa shape index (κ2) is 29.0. The molecule has 0 atom stereocenters. The highest BCUT2D eigenvalue weighted by atomic mass is 127. The van der Waals surface area contributed by atoms with Crippen LogP contribution in [0.3, 0.4) is 0 Å². The number of halogens is 5. The predicted molar refractivity (Wildman–Crippen MR) is 304 cm³/mol. The number of nitrogens with zero attached hydrogens (tertiary/aromatic N) is 10. The highest BCUT2D eigenvalue weighted by molar-refractivity contribution is 14.1. The summed E-state index contributed by atoms with van der Waals surface area (Å²) in [5, 5.41) is 24.8. The van der Waals surface area contributed by atoms with E-state index in [-0.39, 0.29) is 34.1 Å². The molecule has 0 bridgehead atoms. The third-order valence-electron chi connectivity index (χ3n) is 13.6. The number of anilines is 2. The third-order valence-corrected chi connectivity index (χ3v) is 15.1. The molecule has 9 rings (SSSR count). The molecule has 5 aromatic carbocycles. The van der Waals surface area contributed by atoms with E-state index in [0.29, 0.717) is 54.7 Å². The number of rotatable bonds is 10. The summed E-state index contributed by atoms with van der Waals surface area (Å²) < 4.78 is 40.6. The van der Waals surface area contributed by atoms with E-state index < -0.39 is 32.4 Å². The van der Waals surface area contributed by atoms with Crippen LogP contribution in [0.5, 0.6) is 0 Å². The Morgan fingerprint density at radius 2 is 0.934 bits per heavy atom. The van der Waals surface area contributed by atoms with Gasteiger partial charge in [-0.15, -0.1) is 0 Å². The second-order valence-corrected chi connectivity index (χ2v) is 20.2. The lowest BCUT2D eigenvalue weighted by Gasteiger charge is -2.30. The van der Waals surface area contributed by atoms with Crippen LogP contribution >= 0.6 is 45.2 Å². The number of nitro groups is 2. The van der Waals surface area contributed by atoms with E-state index in [4.69, 9.17) is 49.9 Å². The molecule has 5 aromatic rings. The van der Waals surface area contributed by atoms with Crippen molar-refractivity contribution in [2.45, 2.75) is 112 Å². The van der Waals surface area contributed by atoms with Gasteiger partial charge in [-0.3, -0.25) is 20.2 Å². The molecule has 0 spiro atoms. The van der Waals surface area contributed by atoms with Crippen LogP contribution < -0.4 is 11.5 Å². The Labute approximate surface area is 467 Å². The van der Waals surface area contributed by atoms with Crippen LogP contribution in [0.25, 0.3) is 34.7 Å². The highest BCUT2D eigenvalue weighted by Gasteiger charge is 2.48. The van der Waals surface area contributed by atoms with Gasteiger partial charge in [0.15, 0.2) is 0 Å². The number of hydrogen-bond donors (Lipinski definition) is 2. The van der Waals surface area contributed by atoms with Gasteiger partial charge in [-0.05, 0) is 123 Å².